The molecule has 82 valence electrons. The number of rotatable bonds is 5. The van der Waals surface area contributed by atoms with E-state index >= 15 is 0 Å². The van der Waals surface area contributed by atoms with Gasteiger partial charge in [0.05, 0.1) is 12.7 Å². The van der Waals surface area contributed by atoms with Crippen LogP contribution in [0, 0.1) is 5.92 Å². The summed E-state index contributed by atoms with van der Waals surface area (Å²) in [4.78, 5) is 0. The lowest BCUT2D eigenvalue weighted by Gasteiger charge is -2.30. The predicted molar refractivity (Wildman–Crippen MR) is 58.4 cm³/mol. The highest BCUT2D eigenvalue weighted by molar-refractivity contribution is 4.80. The Bertz CT molecular complexity index is 162. The average Bonchev–Trinajstić information content (AvgIpc) is 2.62. The third kappa shape index (κ3) is 2.48. The Morgan fingerprint density at radius 2 is 1.86 bits per heavy atom. The van der Waals surface area contributed by atoms with Crippen LogP contribution >= 0.6 is 0 Å². The largest absolute Gasteiger partial charge is 0.377 e. The molecule has 0 aliphatic heterocycles. The van der Waals surface area contributed by atoms with Gasteiger partial charge in [0.2, 0.25) is 0 Å². The molecule has 2 fully saturated rings. The summed E-state index contributed by atoms with van der Waals surface area (Å²) in [5, 5.41) is 3.42. The topological polar surface area (TPSA) is 21.3 Å². The minimum atomic E-state index is 0.590. The number of hydrogen-bond donors (Lipinski definition) is 1. The van der Waals surface area contributed by atoms with E-state index in [-0.39, 0.29) is 0 Å². The van der Waals surface area contributed by atoms with Gasteiger partial charge in [0.25, 0.3) is 0 Å². The van der Waals surface area contributed by atoms with Crippen LogP contribution in [0.1, 0.15) is 44.9 Å². The molecule has 0 aromatic heterocycles. The second-order valence-corrected chi connectivity index (χ2v) is 4.83. The number of ether oxygens (including phenoxy) is 1. The van der Waals surface area contributed by atoms with E-state index in [0.717, 1.165) is 12.5 Å². The van der Waals surface area contributed by atoms with Crippen molar-refractivity contribution in [1.29, 1.82) is 0 Å². The average molecular weight is 197 g/mol. The quantitative estimate of drug-likeness (QED) is 0.730. The molecule has 0 spiro atoms. The van der Waals surface area contributed by atoms with E-state index in [0.29, 0.717) is 12.1 Å². The Kier molecular flexibility index (Phi) is 3.82. The molecule has 0 radical (unpaired) electrons. The fraction of sp³-hybridized carbons (Fsp3) is 1.00. The van der Waals surface area contributed by atoms with Crippen LogP contribution < -0.4 is 5.32 Å². The van der Waals surface area contributed by atoms with Gasteiger partial charge in [0.15, 0.2) is 0 Å². The van der Waals surface area contributed by atoms with E-state index in [1.807, 2.05) is 0 Å². The van der Waals surface area contributed by atoms with E-state index in [4.69, 9.17) is 4.74 Å². The predicted octanol–water partition coefficient (Wildman–Crippen LogP) is 2.33. The molecule has 1 atom stereocenters. The van der Waals surface area contributed by atoms with Crippen LogP contribution in [0.2, 0.25) is 0 Å². The fourth-order valence-electron chi connectivity index (χ4n) is 2.59. The van der Waals surface area contributed by atoms with Crippen LogP contribution in [0.3, 0.4) is 0 Å². The maximum atomic E-state index is 5.88. The third-order valence-electron chi connectivity index (χ3n) is 3.90. The first-order valence-electron chi connectivity index (χ1n) is 6.19. The Morgan fingerprint density at radius 1 is 1.14 bits per heavy atom. The van der Waals surface area contributed by atoms with Crippen LogP contribution in [-0.4, -0.2) is 25.8 Å². The second-order valence-electron chi connectivity index (χ2n) is 4.83. The van der Waals surface area contributed by atoms with Gasteiger partial charge in [-0.05, 0) is 45.1 Å². The summed E-state index contributed by atoms with van der Waals surface area (Å²) >= 11 is 0. The van der Waals surface area contributed by atoms with Gasteiger partial charge in [0, 0.05) is 6.04 Å². The molecule has 2 nitrogen and oxygen atoms in total. The molecule has 0 amide bonds. The monoisotopic (exact) mass is 197 g/mol. The molecular weight excluding hydrogens is 174 g/mol. The Balaban J connectivity index is 1.68. The molecule has 0 aromatic rings. The smallest absolute Gasteiger partial charge is 0.0625 e. The molecule has 0 aromatic carbocycles. The number of hydrogen-bond acceptors (Lipinski definition) is 2. The Hall–Kier alpha value is -0.0800. The van der Waals surface area contributed by atoms with E-state index in [2.05, 4.69) is 12.4 Å². The van der Waals surface area contributed by atoms with Crippen LogP contribution in [0.15, 0.2) is 0 Å². The van der Waals surface area contributed by atoms with E-state index < -0.39 is 0 Å². The van der Waals surface area contributed by atoms with Crippen molar-refractivity contribution in [3.05, 3.63) is 0 Å². The van der Waals surface area contributed by atoms with Crippen molar-refractivity contribution < 1.29 is 4.74 Å². The first kappa shape index (κ1) is 10.4. The maximum absolute atomic E-state index is 5.88. The molecule has 2 rings (SSSR count). The van der Waals surface area contributed by atoms with Gasteiger partial charge in [-0.25, -0.2) is 0 Å². The Labute approximate surface area is 87.4 Å². The van der Waals surface area contributed by atoms with Crippen molar-refractivity contribution in [2.45, 2.75) is 57.1 Å². The highest BCUT2D eigenvalue weighted by Gasteiger charge is 2.26. The molecule has 1 N–H and O–H groups in total. The van der Waals surface area contributed by atoms with Gasteiger partial charge < -0.3 is 10.1 Å². The minimum absolute atomic E-state index is 0.590. The third-order valence-corrected chi connectivity index (χ3v) is 3.90. The summed E-state index contributed by atoms with van der Waals surface area (Å²) in [6, 6.07) is 0.609. The molecule has 2 saturated carbocycles. The summed E-state index contributed by atoms with van der Waals surface area (Å²) in [6.45, 7) is 0.936. The standard InChI is InChI=1S/C12H23NO/c1-13-12(10-5-2-3-6-10)9-14-11-7-4-8-11/h10-13H,2-9H2,1H3. The molecule has 2 heteroatoms. The first-order chi connectivity index (χ1) is 6.90. The first-order valence-corrected chi connectivity index (χ1v) is 6.19. The van der Waals surface area contributed by atoms with Crippen molar-refractivity contribution in [3.63, 3.8) is 0 Å². The SMILES string of the molecule is CNC(COC1CCC1)C1CCCC1. The van der Waals surface area contributed by atoms with E-state index in [1.54, 1.807) is 0 Å². The highest BCUT2D eigenvalue weighted by Crippen LogP contribution is 2.29. The van der Waals surface area contributed by atoms with Gasteiger partial charge in [-0.3, -0.25) is 0 Å². The zero-order chi connectivity index (χ0) is 9.80. The van der Waals surface area contributed by atoms with Gasteiger partial charge in [-0.1, -0.05) is 12.8 Å². The van der Waals surface area contributed by atoms with Crippen LogP contribution in [0.5, 0.6) is 0 Å². The molecule has 2 aliphatic rings. The van der Waals surface area contributed by atoms with E-state index in [1.165, 1.54) is 44.9 Å². The molecule has 1 unspecified atom stereocenters. The molecule has 0 bridgehead atoms. The molecular formula is C12H23NO. The summed E-state index contributed by atoms with van der Waals surface area (Å²) in [5.74, 6) is 0.875. The summed E-state index contributed by atoms with van der Waals surface area (Å²) in [5.41, 5.74) is 0. The van der Waals surface area contributed by atoms with E-state index in [9.17, 15) is 0 Å². The maximum Gasteiger partial charge on any atom is 0.0625 e. The minimum Gasteiger partial charge on any atom is -0.377 e. The lowest BCUT2D eigenvalue weighted by atomic mass is 9.95. The zero-order valence-corrected chi connectivity index (χ0v) is 9.30. The molecule has 0 saturated heterocycles. The molecule has 14 heavy (non-hydrogen) atoms. The van der Waals surface area contributed by atoms with Crippen molar-refractivity contribution >= 4 is 0 Å². The van der Waals surface area contributed by atoms with Crippen LogP contribution in [0.25, 0.3) is 0 Å². The van der Waals surface area contributed by atoms with Crippen LogP contribution in [0.4, 0.5) is 0 Å². The van der Waals surface area contributed by atoms with Crippen LogP contribution in [-0.2, 0) is 4.74 Å². The van der Waals surface area contributed by atoms with Gasteiger partial charge in [0.1, 0.15) is 0 Å². The zero-order valence-electron chi connectivity index (χ0n) is 9.30. The summed E-state index contributed by atoms with van der Waals surface area (Å²) in [7, 11) is 2.08. The number of nitrogens with one attached hydrogen (secondary N) is 1. The van der Waals surface area contributed by atoms with Gasteiger partial charge in [-0.15, -0.1) is 0 Å². The van der Waals surface area contributed by atoms with Gasteiger partial charge in [-0.2, -0.15) is 0 Å². The normalized spacial score (nSPS) is 26.4. The molecule has 2 aliphatic carbocycles. The highest BCUT2D eigenvalue weighted by atomic mass is 16.5. The lowest BCUT2D eigenvalue weighted by molar-refractivity contribution is -0.0146. The summed E-state index contributed by atoms with van der Waals surface area (Å²) < 4.78 is 5.88. The molecule has 0 heterocycles. The Morgan fingerprint density at radius 3 is 2.36 bits per heavy atom. The van der Waals surface area contributed by atoms with Crippen molar-refractivity contribution in [3.8, 4) is 0 Å². The number of likely N-dealkylation sites (N-methyl/N-ethyl adjacent to an activating group) is 1. The van der Waals surface area contributed by atoms with Gasteiger partial charge >= 0.3 is 0 Å². The second kappa shape index (κ2) is 5.13. The fourth-order valence-corrected chi connectivity index (χ4v) is 2.59. The lowest BCUT2D eigenvalue weighted by Crippen LogP contribution is -2.39. The van der Waals surface area contributed by atoms with Crippen molar-refractivity contribution in [1.82, 2.24) is 5.32 Å². The summed E-state index contributed by atoms with van der Waals surface area (Å²) in [6.07, 6.45) is 10.2. The van der Waals surface area contributed by atoms with Crippen molar-refractivity contribution in [2.75, 3.05) is 13.7 Å². The van der Waals surface area contributed by atoms with Crippen molar-refractivity contribution in [2.24, 2.45) is 5.92 Å².